The number of likely N-dealkylation sites (tertiary alicyclic amines) is 1. The molecule has 1 aromatic rings. The van der Waals surface area contributed by atoms with Gasteiger partial charge in [-0.15, -0.1) is 0 Å². The maximum Gasteiger partial charge on any atom is 0.224 e. The number of ether oxygens (including phenoxy) is 2. The van der Waals surface area contributed by atoms with E-state index >= 15 is 0 Å². The fourth-order valence-corrected chi connectivity index (χ4v) is 3.35. The Bertz CT molecular complexity index is 642. The minimum Gasteiger partial charge on any atom is -0.497 e. The van der Waals surface area contributed by atoms with E-state index < -0.39 is 0 Å². The van der Waals surface area contributed by atoms with Crippen molar-refractivity contribution in [1.29, 1.82) is 0 Å². The Balaban J connectivity index is 1.50. The predicted octanol–water partition coefficient (Wildman–Crippen LogP) is 1.76. The summed E-state index contributed by atoms with van der Waals surface area (Å²) < 4.78 is 10.6. The average molecular weight is 346 g/mol. The van der Waals surface area contributed by atoms with Gasteiger partial charge in [-0.05, 0) is 37.3 Å². The molecule has 136 valence electrons. The Hall–Kier alpha value is -2.24. The number of carbonyl (C=O) groups excluding carboxylic acids is 2. The van der Waals surface area contributed by atoms with E-state index in [0.29, 0.717) is 38.4 Å². The zero-order chi connectivity index (χ0) is 17.8. The summed E-state index contributed by atoms with van der Waals surface area (Å²) in [4.78, 5) is 26.3. The topological polar surface area (TPSA) is 67.9 Å². The molecule has 1 atom stereocenters. The largest absolute Gasteiger partial charge is 0.497 e. The number of benzene rings is 1. The Morgan fingerprint density at radius 2 is 2.04 bits per heavy atom. The molecular weight excluding hydrogens is 320 g/mol. The van der Waals surface area contributed by atoms with Gasteiger partial charge in [0.05, 0.1) is 20.1 Å². The van der Waals surface area contributed by atoms with E-state index in [4.69, 9.17) is 9.47 Å². The van der Waals surface area contributed by atoms with Gasteiger partial charge in [0.25, 0.3) is 0 Å². The smallest absolute Gasteiger partial charge is 0.224 e. The van der Waals surface area contributed by atoms with Crippen LogP contribution >= 0.6 is 0 Å². The predicted molar refractivity (Wildman–Crippen MR) is 93.7 cm³/mol. The van der Waals surface area contributed by atoms with E-state index in [1.807, 2.05) is 23.1 Å². The number of nitrogens with one attached hydrogen (secondary N) is 1. The van der Waals surface area contributed by atoms with E-state index in [0.717, 1.165) is 29.9 Å². The first-order valence-electron chi connectivity index (χ1n) is 8.90. The van der Waals surface area contributed by atoms with Gasteiger partial charge in [-0.3, -0.25) is 9.59 Å². The van der Waals surface area contributed by atoms with Crippen LogP contribution in [0.3, 0.4) is 0 Å². The monoisotopic (exact) mass is 346 g/mol. The molecule has 0 spiro atoms. The minimum absolute atomic E-state index is 0.0469. The highest BCUT2D eigenvalue weighted by Crippen LogP contribution is 2.31. The van der Waals surface area contributed by atoms with Crippen molar-refractivity contribution >= 4 is 11.8 Å². The third-order valence-electron chi connectivity index (χ3n) is 4.99. The van der Waals surface area contributed by atoms with Crippen LogP contribution in [-0.2, 0) is 16.0 Å². The van der Waals surface area contributed by atoms with Crippen molar-refractivity contribution in [1.82, 2.24) is 10.2 Å². The summed E-state index contributed by atoms with van der Waals surface area (Å²) in [5, 5.41) is 3.01. The van der Waals surface area contributed by atoms with Crippen molar-refractivity contribution in [2.75, 3.05) is 27.3 Å². The molecule has 3 rings (SSSR count). The van der Waals surface area contributed by atoms with E-state index in [1.165, 1.54) is 0 Å². The molecule has 2 aliphatic rings. The van der Waals surface area contributed by atoms with Gasteiger partial charge in [-0.2, -0.15) is 0 Å². The van der Waals surface area contributed by atoms with E-state index in [9.17, 15) is 9.59 Å². The molecule has 1 N–H and O–H groups in total. The number of amides is 2. The number of hydrogen-bond donors (Lipinski definition) is 1. The lowest BCUT2D eigenvalue weighted by Crippen LogP contribution is -2.46. The van der Waals surface area contributed by atoms with Crippen LogP contribution in [-0.4, -0.2) is 50.1 Å². The van der Waals surface area contributed by atoms with E-state index in [2.05, 4.69) is 5.32 Å². The molecule has 1 saturated carbocycles. The summed E-state index contributed by atoms with van der Waals surface area (Å²) >= 11 is 0. The van der Waals surface area contributed by atoms with E-state index in [-0.39, 0.29) is 17.7 Å². The van der Waals surface area contributed by atoms with Crippen molar-refractivity contribution < 1.29 is 19.1 Å². The van der Waals surface area contributed by atoms with Crippen LogP contribution in [0.15, 0.2) is 18.2 Å². The van der Waals surface area contributed by atoms with Crippen molar-refractivity contribution in [3.8, 4) is 11.5 Å². The van der Waals surface area contributed by atoms with Crippen molar-refractivity contribution in [2.24, 2.45) is 5.92 Å². The maximum absolute atomic E-state index is 12.4. The van der Waals surface area contributed by atoms with E-state index in [1.54, 1.807) is 14.2 Å². The number of hydrogen-bond acceptors (Lipinski definition) is 4. The number of nitrogens with zero attached hydrogens (tertiary/aromatic N) is 1. The molecule has 0 unspecified atom stereocenters. The molecule has 0 bridgehead atoms. The summed E-state index contributed by atoms with van der Waals surface area (Å²) in [7, 11) is 3.25. The van der Waals surface area contributed by atoms with Gasteiger partial charge < -0.3 is 19.7 Å². The Morgan fingerprint density at radius 3 is 2.72 bits per heavy atom. The van der Waals surface area contributed by atoms with Crippen molar-refractivity contribution in [2.45, 2.75) is 38.1 Å². The van der Waals surface area contributed by atoms with Crippen LogP contribution in [0.5, 0.6) is 11.5 Å². The maximum atomic E-state index is 12.4. The quantitative estimate of drug-likeness (QED) is 0.817. The standard InChI is InChI=1S/C19H26N2O4/c1-24-16-7-3-13(17(11-16)25-2)9-10-20-19(23)14-4-8-18(22)21(12-14)15-5-6-15/h3,7,11,14-15H,4-6,8-10,12H2,1-2H3,(H,20,23)/t14-/m0/s1. The molecule has 1 aromatic carbocycles. The second kappa shape index (κ2) is 7.76. The fourth-order valence-electron chi connectivity index (χ4n) is 3.35. The Morgan fingerprint density at radius 1 is 1.24 bits per heavy atom. The van der Waals surface area contributed by atoms with Gasteiger partial charge in [0.15, 0.2) is 0 Å². The molecule has 6 heteroatoms. The first kappa shape index (κ1) is 17.6. The van der Waals surface area contributed by atoms with Gasteiger partial charge in [-0.1, -0.05) is 6.07 Å². The van der Waals surface area contributed by atoms with Crippen molar-refractivity contribution in [3.05, 3.63) is 23.8 Å². The third kappa shape index (κ3) is 4.24. The van der Waals surface area contributed by atoms with Crippen LogP contribution in [0.4, 0.5) is 0 Å². The lowest BCUT2D eigenvalue weighted by molar-refractivity contribution is -0.138. The lowest BCUT2D eigenvalue weighted by Gasteiger charge is -2.32. The molecule has 2 fully saturated rings. The molecule has 0 radical (unpaired) electrons. The van der Waals surface area contributed by atoms with Crippen LogP contribution in [0.25, 0.3) is 0 Å². The molecule has 1 saturated heterocycles. The number of methoxy groups -OCH3 is 2. The molecule has 1 heterocycles. The highest BCUT2D eigenvalue weighted by atomic mass is 16.5. The Kier molecular flexibility index (Phi) is 5.46. The summed E-state index contributed by atoms with van der Waals surface area (Å²) in [5.41, 5.74) is 1.03. The zero-order valence-electron chi connectivity index (χ0n) is 14.9. The zero-order valence-corrected chi connectivity index (χ0v) is 14.9. The molecular formula is C19H26N2O4. The van der Waals surface area contributed by atoms with Gasteiger partial charge in [0.1, 0.15) is 11.5 Å². The molecule has 0 aromatic heterocycles. The highest BCUT2D eigenvalue weighted by Gasteiger charge is 2.38. The molecule has 1 aliphatic heterocycles. The SMILES string of the molecule is COc1ccc(CCNC(=O)[C@H]2CCC(=O)N(C3CC3)C2)c(OC)c1. The highest BCUT2D eigenvalue weighted by molar-refractivity contribution is 5.84. The molecule has 1 aliphatic carbocycles. The van der Waals surface area contributed by atoms with Gasteiger partial charge in [-0.25, -0.2) is 0 Å². The number of carbonyl (C=O) groups is 2. The first-order valence-corrected chi connectivity index (χ1v) is 8.90. The Labute approximate surface area is 148 Å². The average Bonchev–Trinajstić information content (AvgIpc) is 3.47. The number of rotatable bonds is 7. The van der Waals surface area contributed by atoms with Crippen LogP contribution in [0, 0.1) is 5.92 Å². The van der Waals surface area contributed by atoms with Crippen LogP contribution < -0.4 is 14.8 Å². The molecule has 6 nitrogen and oxygen atoms in total. The van der Waals surface area contributed by atoms with Crippen molar-refractivity contribution in [3.63, 3.8) is 0 Å². The fraction of sp³-hybridized carbons (Fsp3) is 0.579. The second-order valence-corrected chi connectivity index (χ2v) is 6.73. The number of piperidine rings is 1. The van der Waals surface area contributed by atoms with Crippen LogP contribution in [0.2, 0.25) is 0 Å². The molecule has 2 amide bonds. The minimum atomic E-state index is -0.0870. The first-order chi connectivity index (χ1) is 12.1. The summed E-state index contributed by atoms with van der Waals surface area (Å²) in [6, 6.07) is 6.07. The summed E-state index contributed by atoms with van der Waals surface area (Å²) in [6.07, 6.45) is 3.99. The summed E-state index contributed by atoms with van der Waals surface area (Å²) in [6.45, 7) is 1.12. The third-order valence-corrected chi connectivity index (χ3v) is 4.99. The van der Waals surface area contributed by atoms with Gasteiger partial charge >= 0.3 is 0 Å². The molecule has 25 heavy (non-hydrogen) atoms. The van der Waals surface area contributed by atoms with Gasteiger partial charge in [0.2, 0.25) is 11.8 Å². The van der Waals surface area contributed by atoms with Crippen LogP contribution in [0.1, 0.15) is 31.2 Å². The second-order valence-electron chi connectivity index (χ2n) is 6.73. The summed E-state index contributed by atoms with van der Waals surface area (Å²) in [5.74, 6) is 1.67. The normalized spacial score (nSPS) is 20.3. The van der Waals surface area contributed by atoms with Gasteiger partial charge in [0, 0.05) is 31.6 Å². The lowest BCUT2D eigenvalue weighted by atomic mass is 9.96.